The van der Waals surface area contributed by atoms with Crippen LogP contribution in [0.4, 0.5) is 0 Å². The highest BCUT2D eigenvalue weighted by molar-refractivity contribution is 5.94. The lowest BCUT2D eigenvalue weighted by Gasteiger charge is -2.23. The van der Waals surface area contributed by atoms with Gasteiger partial charge in [0, 0.05) is 12.0 Å². The van der Waals surface area contributed by atoms with Crippen LogP contribution in [-0.4, -0.2) is 19.1 Å². The van der Waals surface area contributed by atoms with Gasteiger partial charge in [0.15, 0.2) is 0 Å². The summed E-state index contributed by atoms with van der Waals surface area (Å²) in [6.07, 6.45) is 2.87. The summed E-state index contributed by atoms with van der Waals surface area (Å²) in [5.74, 6) is 0.388. The van der Waals surface area contributed by atoms with Crippen molar-refractivity contribution in [3.8, 4) is 0 Å². The molecular weight excluding hydrogens is 334 g/mol. The fourth-order valence-corrected chi connectivity index (χ4v) is 3.89. The average Bonchev–Trinajstić information content (AvgIpc) is 2.93. The van der Waals surface area contributed by atoms with Crippen molar-refractivity contribution in [1.82, 2.24) is 5.32 Å². The number of piperidine rings is 1. The Morgan fingerprint density at radius 3 is 2.64 bits per heavy atom. The summed E-state index contributed by atoms with van der Waals surface area (Å²) < 4.78 is 5.68. The number of halogens is 1. The third-order valence-corrected chi connectivity index (χ3v) is 5.37. The standard InChI is InChI=1S/C21H23NO2.ClH/c1-14-4-2-3-5-16(14)13-20-18-7-6-17(12-19(18)21(23)24-20)15-8-10-22-11-9-15;/h2-7,12,15,20,22H,8-11,13H2,1H3;1H. The van der Waals surface area contributed by atoms with Crippen molar-refractivity contribution in [1.29, 1.82) is 0 Å². The van der Waals surface area contributed by atoms with Gasteiger partial charge >= 0.3 is 5.97 Å². The molecule has 4 heteroatoms. The van der Waals surface area contributed by atoms with Gasteiger partial charge in [0.1, 0.15) is 6.10 Å². The van der Waals surface area contributed by atoms with Gasteiger partial charge in [-0.15, -0.1) is 12.4 Å². The molecule has 2 aromatic rings. The molecule has 0 aliphatic carbocycles. The molecule has 2 aromatic carbocycles. The second kappa shape index (κ2) is 7.59. The smallest absolute Gasteiger partial charge is 0.339 e. The first-order chi connectivity index (χ1) is 11.7. The number of carbonyl (C=O) groups excluding carboxylic acids is 1. The number of carbonyl (C=O) groups is 1. The van der Waals surface area contributed by atoms with Gasteiger partial charge in [-0.05, 0) is 61.5 Å². The van der Waals surface area contributed by atoms with Crippen molar-refractivity contribution in [2.45, 2.75) is 38.2 Å². The molecule has 4 rings (SSSR count). The first-order valence-electron chi connectivity index (χ1n) is 8.82. The Kier molecular flexibility index (Phi) is 5.45. The number of benzene rings is 2. The quantitative estimate of drug-likeness (QED) is 0.830. The Hall–Kier alpha value is -1.84. The first kappa shape index (κ1) is 18.0. The van der Waals surface area contributed by atoms with E-state index in [4.69, 9.17) is 4.74 Å². The minimum atomic E-state index is -0.167. The second-order valence-electron chi connectivity index (χ2n) is 6.90. The predicted molar refractivity (Wildman–Crippen MR) is 102 cm³/mol. The van der Waals surface area contributed by atoms with Crippen molar-refractivity contribution in [3.63, 3.8) is 0 Å². The van der Waals surface area contributed by atoms with E-state index < -0.39 is 0 Å². The third kappa shape index (κ3) is 3.58. The monoisotopic (exact) mass is 357 g/mol. The van der Waals surface area contributed by atoms with E-state index in [2.05, 4.69) is 42.6 Å². The maximum Gasteiger partial charge on any atom is 0.339 e. The SMILES string of the molecule is Cc1ccccc1CC1OC(=O)c2cc(C3CCNCC3)ccc21.Cl. The van der Waals surface area contributed by atoms with Crippen LogP contribution in [0.15, 0.2) is 42.5 Å². The summed E-state index contributed by atoms with van der Waals surface area (Å²) in [4.78, 5) is 12.4. The van der Waals surface area contributed by atoms with E-state index in [1.807, 2.05) is 12.1 Å². The van der Waals surface area contributed by atoms with Crippen molar-refractivity contribution in [2.75, 3.05) is 13.1 Å². The number of rotatable bonds is 3. The Bertz CT molecular complexity index is 768. The molecule has 2 aliphatic rings. The number of hydrogen-bond acceptors (Lipinski definition) is 3. The van der Waals surface area contributed by atoms with Crippen LogP contribution in [0.1, 0.15) is 57.5 Å². The highest BCUT2D eigenvalue weighted by Gasteiger charge is 2.32. The molecule has 0 radical (unpaired) electrons. The lowest BCUT2D eigenvalue weighted by molar-refractivity contribution is 0.0386. The van der Waals surface area contributed by atoms with Crippen LogP contribution in [0, 0.1) is 6.92 Å². The molecular formula is C21H24ClNO2. The number of cyclic esters (lactones) is 1. The van der Waals surface area contributed by atoms with E-state index in [1.54, 1.807) is 0 Å². The van der Waals surface area contributed by atoms with Crippen LogP contribution in [0.5, 0.6) is 0 Å². The molecule has 2 aliphatic heterocycles. The summed E-state index contributed by atoms with van der Waals surface area (Å²) in [6, 6.07) is 14.7. The van der Waals surface area contributed by atoms with Gasteiger partial charge in [0.2, 0.25) is 0 Å². The Morgan fingerprint density at radius 1 is 1.12 bits per heavy atom. The molecule has 0 bridgehead atoms. The molecule has 1 atom stereocenters. The van der Waals surface area contributed by atoms with Crippen molar-refractivity contribution >= 4 is 18.4 Å². The van der Waals surface area contributed by atoms with Crippen LogP contribution in [-0.2, 0) is 11.2 Å². The van der Waals surface area contributed by atoms with Crippen LogP contribution in [0.2, 0.25) is 0 Å². The summed E-state index contributed by atoms with van der Waals surface area (Å²) >= 11 is 0. The summed E-state index contributed by atoms with van der Waals surface area (Å²) in [5, 5.41) is 3.39. The zero-order valence-corrected chi connectivity index (χ0v) is 15.3. The number of nitrogens with one attached hydrogen (secondary N) is 1. The maximum absolute atomic E-state index is 12.4. The molecule has 132 valence electrons. The van der Waals surface area contributed by atoms with Gasteiger partial charge in [-0.1, -0.05) is 36.4 Å². The van der Waals surface area contributed by atoms with Gasteiger partial charge in [0.05, 0.1) is 5.56 Å². The van der Waals surface area contributed by atoms with E-state index in [1.165, 1.54) is 16.7 Å². The van der Waals surface area contributed by atoms with Crippen molar-refractivity contribution in [3.05, 3.63) is 70.3 Å². The fourth-order valence-electron chi connectivity index (χ4n) is 3.89. The van der Waals surface area contributed by atoms with Crippen LogP contribution >= 0.6 is 12.4 Å². The number of aryl methyl sites for hydroxylation is 1. The molecule has 3 nitrogen and oxygen atoms in total. The molecule has 25 heavy (non-hydrogen) atoms. The molecule has 1 saturated heterocycles. The molecule has 0 amide bonds. The molecule has 1 N–H and O–H groups in total. The highest BCUT2D eigenvalue weighted by Crippen LogP contribution is 2.36. The van der Waals surface area contributed by atoms with Gasteiger partial charge in [0.25, 0.3) is 0 Å². The van der Waals surface area contributed by atoms with Crippen LogP contribution in [0.25, 0.3) is 0 Å². The van der Waals surface area contributed by atoms with Crippen LogP contribution in [0.3, 0.4) is 0 Å². The van der Waals surface area contributed by atoms with Gasteiger partial charge in [-0.2, -0.15) is 0 Å². The third-order valence-electron chi connectivity index (χ3n) is 5.37. The zero-order chi connectivity index (χ0) is 16.5. The van der Waals surface area contributed by atoms with Gasteiger partial charge in [-0.3, -0.25) is 0 Å². The Balaban J connectivity index is 0.00000182. The Morgan fingerprint density at radius 2 is 1.88 bits per heavy atom. The highest BCUT2D eigenvalue weighted by atomic mass is 35.5. The first-order valence-corrected chi connectivity index (χ1v) is 8.82. The zero-order valence-electron chi connectivity index (χ0n) is 14.5. The molecule has 0 aromatic heterocycles. The maximum atomic E-state index is 12.4. The lowest BCUT2D eigenvalue weighted by atomic mass is 9.87. The summed E-state index contributed by atoms with van der Waals surface area (Å²) in [5.41, 5.74) is 5.58. The van der Waals surface area contributed by atoms with E-state index in [0.717, 1.165) is 43.5 Å². The lowest BCUT2D eigenvalue weighted by Crippen LogP contribution is -2.26. The second-order valence-corrected chi connectivity index (χ2v) is 6.90. The van der Waals surface area contributed by atoms with E-state index in [9.17, 15) is 4.79 Å². The summed E-state index contributed by atoms with van der Waals surface area (Å²) in [6.45, 7) is 4.22. The van der Waals surface area contributed by atoms with E-state index in [0.29, 0.717) is 5.92 Å². The molecule has 2 heterocycles. The van der Waals surface area contributed by atoms with E-state index >= 15 is 0 Å². The van der Waals surface area contributed by atoms with Crippen molar-refractivity contribution < 1.29 is 9.53 Å². The van der Waals surface area contributed by atoms with Crippen LogP contribution < -0.4 is 5.32 Å². The normalized spacial score (nSPS) is 19.9. The summed E-state index contributed by atoms with van der Waals surface area (Å²) in [7, 11) is 0. The van der Waals surface area contributed by atoms with Gasteiger partial charge < -0.3 is 10.1 Å². The average molecular weight is 358 g/mol. The fraction of sp³-hybridized carbons (Fsp3) is 0.381. The predicted octanol–water partition coefficient (Wildman–Crippen LogP) is 4.34. The largest absolute Gasteiger partial charge is 0.454 e. The molecule has 0 saturated carbocycles. The number of hydrogen-bond donors (Lipinski definition) is 1. The number of fused-ring (bicyclic) bond motifs is 1. The minimum Gasteiger partial charge on any atom is -0.454 e. The molecule has 0 spiro atoms. The number of esters is 1. The topological polar surface area (TPSA) is 38.3 Å². The van der Waals surface area contributed by atoms with E-state index in [-0.39, 0.29) is 24.5 Å². The van der Waals surface area contributed by atoms with Gasteiger partial charge in [-0.25, -0.2) is 4.79 Å². The Labute approximate surface area is 155 Å². The minimum absolute atomic E-state index is 0. The van der Waals surface area contributed by atoms with Crippen molar-refractivity contribution in [2.24, 2.45) is 0 Å². The molecule has 1 unspecified atom stereocenters. The number of ether oxygens (including phenoxy) is 1. The molecule has 1 fully saturated rings.